The van der Waals surface area contributed by atoms with Crippen LogP contribution >= 0.6 is 0 Å². The fourth-order valence-corrected chi connectivity index (χ4v) is 9.11. The van der Waals surface area contributed by atoms with Gasteiger partial charge in [-0.15, -0.1) is 0 Å². The molecule has 1 saturated carbocycles. The van der Waals surface area contributed by atoms with E-state index in [1.807, 2.05) is 30.5 Å². The minimum Gasteiger partial charge on any atom is -0.372 e. The van der Waals surface area contributed by atoms with E-state index in [4.69, 9.17) is 9.97 Å². The van der Waals surface area contributed by atoms with E-state index in [1.165, 1.54) is 43.4 Å². The Bertz CT molecular complexity index is 1970. The van der Waals surface area contributed by atoms with E-state index in [0.29, 0.717) is 36.2 Å². The molecule has 4 aromatic rings. The predicted octanol–water partition coefficient (Wildman–Crippen LogP) is 6.39. The van der Waals surface area contributed by atoms with Crippen molar-refractivity contribution in [3.05, 3.63) is 71.7 Å². The Kier molecular flexibility index (Phi) is 10.6. The van der Waals surface area contributed by atoms with Crippen LogP contribution in [0.2, 0.25) is 0 Å². The lowest BCUT2D eigenvalue weighted by Gasteiger charge is -2.36. The molecule has 12 heteroatoms. The number of aromatic nitrogens is 4. The normalized spacial score (nSPS) is 20.8. The van der Waals surface area contributed by atoms with Gasteiger partial charge in [-0.25, -0.2) is 9.97 Å². The van der Waals surface area contributed by atoms with Crippen LogP contribution in [0.5, 0.6) is 0 Å². The van der Waals surface area contributed by atoms with E-state index in [1.54, 1.807) is 25.2 Å². The van der Waals surface area contributed by atoms with Crippen molar-refractivity contribution in [3.63, 3.8) is 0 Å². The van der Waals surface area contributed by atoms with Crippen LogP contribution in [0, 0.1) is 5.92 Å². The molecule has 4 aliphatic rings. The molecule has 3 aromatic heterocycles. The van der Waals surface area contributed by atoms with Gasteiger partial charge in [0.1, 0.15) is 17.2 Å². The highest BCUT2D eigenvalue weighted by atomic mass is 16.2. The van der Waals surface area contributed by atoms with E-state index in [-0.39, 0.29) is 29.7 Å². The third-order valence-electron chi connectivity index (χ3n) is 12.3. The zero-order valence-electron chi connectivity index (χ0n) is 31.7. The van der Waals surface area contributed by atoms with Crippen molar-refractivity contribution in [2.24, 2.45) is 5.92 Å². The number of likely N-dealkylation sites (tertiary alicyclic amines) is 1. The molecule has 6 heterocycles. The maximum absolute atomic E-state index is 13.1. The summed E-state index contributed by atoms with van der Waals surface area (Å²) in [6.45, 7) is 5.46. The Morgan fingerprint density at radius 3 is 2.41 bits per heavy atom. The SMILES string of the molecule is CN(C)C(=O)c1cc2cnc(Nc3ccc(C4CCN(CCC5CCN(c6cccc(C7CCC(=O)NC7=O)c6)CC5)CC4)cn3)nc2n1C1CCCC1. The maximum Gasteiger partial charge on any atom is 0.270 e. The highest BCUT2D eigenvalue weighted by molar-refractivity contribution is 6.01. The Labute approximate surface area is 317 Å². The molecule has 3 aliphatic heterocycles. The van der Waals surface area contributed by atoms with Gasteiger partial charge in [0, 0.05) is 63.1 Å². The molecule has 284 valence electrons. The van der Waals surface area contributed by atoms with E-state index >= 15 is 0 Å². The van der Waals surface area contributed by atoms with Crippen molar-refractivity contribution in [1.82, 2.24) is 34.6 Å². The first-order valence-corrected chi connectivity index (χ1v) is 20.0. The number of imide groups is 1. The van der Waals surface area contributed by atoms with Crippen LogP contribution < -0.4 is 15.5 Å². The fourth-order valence-electron chi connectivity index (χ4n) is 9.11. The zero-order valence-corrected chi connectivity index (χ0v) is 31.7. The average molecular weight is 732 g/mol. The van der Waals surface area contributed by atoms with E-state index in [0.717, 1.165) is 80.9 Å². The van der Waals surface area contributed by atoms with Crippen LogP contribution in [0.1, 0.15) is 110 Å². The molecular weight excluding hydrogens is 679 g/mol. The Hall–Kier alpha value is -4.84. The van der Waals surface area contributed by atoms with Crippen LogP contribution in [-0.4, -0.2) is 93.9 Å². The molecule has 1 aliphatic carbocycles. The topological polar surface area (TPSA) is 129 Å². The minimum atomic E-state index is -0.240. The molecule has 0 bridgehead atoms. The Morgan fingerprint density at radius 1 is 0.889 bits per heavy atom. The molecule has 1 aromatic carbocycles. The molecule has 0 spiro atoms. The number of fused-ring (bicyclic) bond motifs is 1. The second kappa shape index (κ2) is 15.9. The molecule has 1 unspecified atom stereocenters. The van der Waals surface area contributed by atoms with Gasteiger partial charge in [0.25, 0.3) is 5.91 Å². The van der Waals surface area contributed by atoms with E-state index < -0.39 is 0 Å². The molecule has 8 rings (SSSR count). The number of anilines is 3. The van der Waals surface area contributed by atoms with Crippen LogP contribution in [0.3, 0.4) is 0 Å². The molecule has 0 radical (unpaired) electrons. The van der Waals surface area contributed by atoms with Crippen molar-refractivity contribution in [1.29, 1.82) is 0 Å². The maximum atomic E-state index is 13.1. The largest absolute Gasteiger partial charge is 0.372 e. The quantitative estimate of drug-likeness (QED) is 0.178. The minimum absolute atomic E-state index is 0.0111. The number of hydrogen-bond acceptors (Lipinski definition) is 9. The van der Waals surface area contributed by atoms with E-state index in [2.05, 4.69) is 48.2 Å². The average Bonchev–Trinajstić information content (AvgIpc) is 3.86. The van der Waals surface area contributed by atoms with Crippen LogP contribution in [0.25, 0.3) is 11.0 Å². The summed E-state index contributed by atoms with van der Waals surface area (Å²) in [7, 11) is 3.58. The lowest BCUT2D eigenvalue weighted by molar-refractivity contribution is -0.134. The van der Waals surface area contributed by atoms with Gasteiger partial charge in [0.05, 0.1) is 5.92 Å². The summed E-state index contributed by atoms with van der Waals surface area (Å²) in [4.78, 5) is 58.0. The number of nitrogens with zero attached hydrogens (tertiary/aromatic N) is 7. The summed E-state index contributed by atoms with van der Waals surface area (Å²) in [5, 5.41) is 6.69. The summed E-state index contributed by atoms with van der Waals surface area (Å²) in [6, 6.07) is 14.8. The number of pyridine rings is 1. The van der Waals surface area contributed by atoms with Gasteiger partial charge in [-0.3, -0.25) is 19.7 Å². The van der Waals surface area contributed by atoms with Crippen LogP contribution in [0.4, 0.5) is 17.5 Å². The van der Waals surface area contributed by atoms with Crippen molar-refractivity contribution < 1.29 is 14.4 Å². The lowest BCUT2D eigenvalue weighted by Crippen LogP contribution is -2.39. The molecule has 1 atom stereocenters. The number of piperidine rings is 3. The number of benzene rings is 1. The summed E-state index contributed by atoms with van der Waals surface area (Å²) in [5.41, 5.74) is 4.95. The first kappa shape index (κ1) is 36.2. The van der Waals surface area contributed by atoms with Crippen molar-refractivity contribution in [2.45, 2.75) is 88.5 Å². The summed E-state index contributed by atoms with van der Waals surface area (Å²) in [6.07, 6.45) is 15.1. The lowest BCUT2D eigenvalue weighted by atomic mass is 9.89. The highest BCUT2D eigenvalue weighted by Crippen LogP contribution is 2.36. The number of carbonyl (C=O) groups is 3. The monoisotopic (exact) mass is 731 g/mol. The zero-order chi connectivity index (χ0) is 37.2. The second-order valence-electron chi connectivity index (χ2n) is 16.0. The predicted molar refractivity (Wildman–Crippen MR) is 210 cm³/mol. The van der Waals surface area contributed by atoms with Crippen molar-refractivity contribution in [3.8, 4) is 0 Å². The molecule has 3 amide bonds. The summed E-state index contributed by atoms with van der Waals surface area (Å²) >= 11 is 0. The molecule has 12 nitrogen and oxygen atoms in total. The number of rotatable bonds is 10. The molecule has 4 fully saturated rings. The van der Waals surface area contributed by atoms with Gasteiger partial charge >= 0.3 is 0 Å². The molecular formula is C42H53N9O3. The van der Waals surface area contributed by atoms with Gasteiger partial charge < -0.3 is 24.6 Å². The molecule has 54 heavy (non-hydrogen) atoms. The summed E-state index contributed by atoms with van der Waals surface area (Å²) < 4.78 is 2.14. The third kappa shape index (κ3) is 7.85. The Morgan fingerprint density at radius 2 is 1.69 bits per heavy atom. The number of nitrogens with one attached hydrogen (secondary N) is 2. The number of hydrogen-bond donors (Lipinski definition) is 2. The van der Waals surface area contributed by atoms with Gasteiger partial charge in [0.15, 0.2) is 0 Å². The van der Waals surface area contributed by atoms with Gasteiger partial charge in [-0.05, 0) is 118 Å². The second-order valence-corrected chi connectivity index (χ2v) is 16.0. The van der Waals surface area contributed by atoms with Crippen molar-refractivity contribution >= 4 is 46.2 Å². The molecule has 2 N–H and O–H groups in total. The van der Waals surface area contributed by atoms with Crippen LogP contribution in [-0.2, 0) is 9.59 Å². The highest BCUT2D eigenvalue weighted by Gasteiger charge is 2.30. The van der Waals surface area contributed by atoms with Gasteiger partial charge in [0.2, 0.25) is 17.8 Å². The smallest absolute Gasteiger partial charge is 0.270 e. The van der Waals surface area contributed by atoms with E-state index in [9.17, 15) is 14.4 Å². The fraction of sp³-hybridized carbons (Fsp3) is 0.524. The molecule has 3 saturated heterocycles. The van der Waals surface area contributed by atoms with Crippen LogP contribution in [0.15, 0.2) is 54.9 Å². The van der Waals surface area contributed by atoms with Crippen molar-refractivity contribution in [2.75, 3.05) is 57.0 Å². The standard InChI is InChI=1S/C42H53N9O3/c1-48(2)41(54)36-25-32-27-44-42(47-39(32)51(36)33-7-3-4-8-33)45-37-12-10-31(26-43-37)29-17-20-49(21-18-29)19-14-28-15-22-50(23-16-28)34-9-5-6-30(24-34)35-11-13-38(52)46-40(35)53/h5-6,9-10,12,24-29,33,35H,3-4,7-8,11,13-23H2,1-2H3,(H,46,52,53)(H,43,44,45,47). The third-order valence-corrected chi connectivity index (χ3v) is 12.3. The first-order chi connectivity index (χ1) is 26.3. The number of amides is 3. The summed E-state index contributed by atoms with van der Waals surface area (Å²) in [5.74, 6) is 1.86. The van der Waals surface area contributed by atoms with Gasteiger partial charge in [-0.2, -0.15) is 4.98 Å². The Balaban J connectivity index is 0.803. The number of carbonyl (C=O) groups excluding carboxylic acids is 3. The first-order valence-electron chi connectivity index (χ1n) is 20.0. The van der Waals surface area contributed by atoms with Gasteiger partial charge in [-0.1, -0.05) is 31.0 Å².